The van der Waals surface area contributed by atoms with E-state index in [0.29, 0.717) is 22.2 Å². The fourth-order valence-electron chi connectivity index (χ4n) is 2.95. The molecule has 0 saturated heterocycles. The number of nitrogens with zero attached hydrogens (tertiary/aromatic N) is 1. The number of ether oxygens (including phenoxy) is 1. The van der Waals surface area contributed by atoms with Crippen molar-refractivity contribution in [2.45, 2.75) is 12.8 Å². The van der Waals surface area contributed by atoms with Gasteiger partial charge in [-0.3, -0.25) is 4.79 Å². The molecule has 0 atom stereocenters. The highest BCUT2D eigenvalue weighted by molar-refractivity contribution is 6.08. The maximum atomic E-state index is 13.1. The third-order valence-corrected chi connectivity index (χ3v) is 4.25. The predicted octanol–water partition coefficient (Wildman–Crippen LogP) is 4.92. The fraction of sp³-hybridized carbons (Fsp3) is 0.250. The molecule has 0 unspecified atom stereocenters. The van der Waals surface area contributed by atoms with Gasteiger partial charge >= 0.3 is 6.18 Å². The van der Waals surface area contributed by atoms with Crippen LogP contribution in [0.5, 0.6) is 0 Å². The molecule has 0 spiro atoms. The van der Waals surface area contributed by atoms with Gasteiger partial charge in [-0.2, -0.15) is 13.2 Å². The lowest BCUT2D eigenvalue weighted by Crippen LogP contribution is -2.18. The minimum absolute atomic E-state index is 0.00479. The number of hydrogen-bond acceptors (Lipinski definition) is 4. The summed E-state index contributed by atoms with van der Waals surface area (Å²) in [4.78, 5) is 14.5. The molecule has 1 amide bonds. The lowest BCUT2D eigenvalue weighted by molar-refractivity contribution is -0.137. The number of carbonyl (C=O) groups excluding carboxylic acids is 1. The van der Waals surface area contributed by atoms with E-state index in [-0.39, 0.29) is 18.1 Å². The number of benzene rings is 2. The Bertz CT molecular complexity index is 1010. The predicted molar refractivity (Wildman–Crippen MR) is 101 cm³/mol. The number of fused-ring (bicyclic) bond motifs is 1. The number of carbonyl (C=O) groups is 1. The zero-order chi connectivity index (χ0) is 20.5. The molecule has 1 N–H and O–H groups in total. The quantitative estimate of drug-likeness (QED) is 0.670. The highest BCUT2D eigenvalue weighted by Gasteiger charge is 2.31. The van der Waals surface area contributed by atoms with Gasteiger partial charge in [-0.1, -0.05) is 18.2 Å². The van der Waals surface area contributed by atoms with Crippen LogP contribution < -0.4 is 10.2 Å². The molecule has 8 heteroatoms. The first-order chi connectivity index (χ1) is 13.2. The van der Waals surface area contributed by atoms with Crippen molar-refractivity contribution in [1.29, 1.82) is 0 Å². The highest BCUT2D eigenvalue weighted by atomic mass is 19.4. The zero-order valence-electron chi connectivity index (χ0n) is 15.6. The molecule has 0 bridgehead atoms. The Balaban J connectivity index is 2.03. The van der Waals surface area contributed by atoms with Gasteiger partial charge in [0.15, 0.2) is 5.76 Å². The van der Waals surface area contributed by atoms with E-state index in [2.05, 4.69) is 5.32 Å². The lowest BCUT2D eigenvalue weighted by atomic mass is 10.1. The van der Waals surface area contributed by atoms with Crippen LogP contribution in [0.1, 0.15) is 21.7 Å². The summed E-state index contributed by atoms with van der Waals surface area (Å²) in [6.45, 7) is 0.128. The number of alkyl halides is 3. The van der Waals surface area contributed by atoms with Crippen LogP contribution in [0.2, 0.25) is 0 Å². The Hall–Kier alpha value is -3.00. The van der Waals surface area contributed by atoms with E-state index >= 15 is 0 Å². The molecule has 3 rings (SSSR count). The van der Waals surface area contributed by atoms with Crippen LogP contribution >= 0.6 is 0 Å². The average Bonchev–Trinajstić information content (AvgIpc) is 3.00. The van der Waals surface area contributed by atoms with Crippen LogP contribution in [-0.2, 0) is 17.5 Å². The zero-order valence-corrected chi connectivity index (χ0v) is 15.6. The molecule has 0 aliphatic rings. The SMILES string of the molecule is COCc1c(C(=O)Nc2cc(C(F)(F)F)ccc2N(C)C)oc2ccccc12. The number of rotatable bonds is 5. The molecule has 5 nitrogen and oxygen atoms in total. The Labute approximate surface area is 159 Å². The number of hydrogen-bond donors (Lipinski definition) is 1. The topological polar surface area (TPSA) is 54.7 Å². The van der Waals surface area contributed by atoms with Gasteiger partial charge in [-0.05, 0) is 24.3 Å². The van der Waals surface area contributed by atoms with Crippen molar-refractivity contribution in [3.8, 4) is 0 Å². The number of para-hydroxylation sites is 1. The Morgan fingerprint density at radius 3 is 2.54 bits per heavy atom. The normalized spacial score (nSPS) is 11.6. The van der Waals surface area contributed by atoms with Crippen molar-refractivity contribution >= 4 is 28.3 Å². The van der Waals surface area contributed by atoms with E-state index in [0.717, 1.165) is 12.1 Å². The van der Waals surface area contributed by atoms with Crippen LogP contribution in [0, 0.1) is 0 Å². The smallest absolute Gasteiger partial charge is 0.416 e. The molecule has 0 aliphatic heterocycles. The molecule has 148 valence electrons. The number of amides is 1. The molecule has 28 heavy (non-hydrogen) atoms. The molecule has 2 aromatic carbocycles. The number of nitrogens with one attached hydrogen (secondary N) is 1. The minimum atomic E-state index is -4.52. The largest absolute Gasteiger partial charge is 0.451 e. The Morgan fingerprint density at radius 2 is 1.89 bits per heavy atom. The van der Waals surface area contributed by atoms with Gasteiger partial charge in [0.25, 0.3) is 5.91 Å². The van der Waals surface area contributed by atoms with Crippen LogP contribution in [0.3, 0.4) is 0 Å². The molecule has 0 aliphatic carbocycles. The number of anilines is 2. The van der Waals surface area contributed by atoms with Gasteiger partial charge < -0.3 is 19.4 Å². The monoisotopic (exact) mass is 392 g/mol. The third kappa shape index (κ3) is 3.82. The first-order valence-electron chi connectivity index (χ1n) is 8.41. The summed E-state index contributed by atoms with van der Waals surface area (Å²) in [5.74, 6) is -0.643. The molecular formula is C20H19F3N2O3. The minimum Gasteiger partial charge on any atom is -0.451 e. The third-order valence-electron chi connectivity index (χ3n) is 4.25. The summed E-state index contributed by atoms with van der Waals surface area (Å²) in [6, 6.07) is 10.3. The summed E-state index contributed by atoms with van der Waals surface area (Å²) in [5, 5.41) is 3.26. The standard InChI is InChI=1S/C20H19F3N2O3/c1-25(2)16-9-8-12(20(21,22)23)10-15(16)24-19(26)18-14(11-27-3)13-6-4-5-7-17(13)28-18/h4-10H,11H2,1-3H3,(H,24,26). The molecule has 0 radical (unpaired) electrons. The molecule has 0 fully saturated rings. The van der Waals surface area contributed by atoms with E-state index < -0.39 is 17.6 Å². The van der Waals surface area contributed by atoms with Gasteiger partial charge in [0, 0.05) is 32.2 Å². The fourth-order valence-corrected chi connectivity index (χ4v) is 2.95. The summed E-state index contributed by atoms with van der Waals surface area (Å²) in [7, 11) is 4.84. The molecular weight excluding hydrogens is 373 g/mol. The molecule has 1 aromatic heterocycles. The second-order valence-corrected chi connectivity index (χ2v) is 6.42. The maximum absolute atomic E-state index is 13.1. The van der Waals surface area contributed by atoms with Crippen LogP contribution in [0.25, 0.3) is 11.0 Å². The van der Waals surface area contributed by atoms with Crippen molar-refractivity contribution in [2.75, 3.05) is 31.4 Å². The van der Waals surface area contributed by atoms with Crippen LogP contribution in [0.4, 0.5) is 24.5 Å². The van der Waals surface area contributed by atoms with Gasteiger partial charge in [0.2, 0.25) is 0 Å². The maximum Gasteiger partial charge on any atom is 0.416 e. The first-order valence-corrected chi connectivity index (χ1v) is 8.41. The summed E-state index contributed by atoms with van der Waals surface area (Å²) in [5.41, 5.74) is 0.653. The average molecular weight is 392 g/mol. The van der Waals surface area contributed by atoms with Crippen molar-refractivity contribution < 1.29 is 27.1 Å². The van der Waals surface area contributed by atoms with Gasteiger partial charge in [-0.15, -0.1) is 0 Å². The van der Waals surface area contributed by atoms with Crippen molar-refractivity contribution in [2.24, 2.45) is 0 Å². The van der Waals surface area contributed by atoms with E-state index in [1.165, 1.54) is 13.2 Å². The number of halogens is 3. The number of methoxy groups -OCH3 is 1. The van der Waals surface area contributed by atoms with Gasteiger partial charge in [0.1, 0.15) is 5.58 Å². The van der Waals surface area contributed by atoms with Crippen molar-refractivity contribution in [1.82, 2.24) is 0 Å². The van der Waals surface area contributed by atoms with Gasteiger partial charge in [-0.25, -0.2) is 0 Å². The molecule has 0 saturated carbocycles. The second-order valence-electron chi connectivity index (χ2n) is 6.42. The first kappa shape index (κ1) is 19.8. The van der Waals surface area contributed by atoms with E-state index in [1.807, 2.05) is 0 Å². The molecule has 3 aromatic rings. The molecule has 1 heterocycles. The summed E-state index contributed by atoms with van der Waals surface area (Å²) >= 11 is 0. The van der Waals surface area contributed by atoms with Crippen molar-refractivity contribution in [3.05, 3.63) is 59.4 Å². The summed E-state index contributed by atoms with van der Waals surface area (Å²) < 4.78 is 50.1. The van der Waals surface area contributed by atoms with Crippen LogP contribution in [-0.4, -0.2) is 27.1 Å². The lowest BCUT2D eigenvalue weighted by Gasteiger charge is -2.19. The van der Waals surface area contributed by atoms with Crippen molar-refractivity contribution in [3.63, 3.8) is 0 Å². The number of furan rings is 1. The highest BCUT2D eigenvalue weighted by Crippen LogP contribution is 2.35. The Kier molecular flexibility index (Phi) is 5.33. The second kappa shape index (κ2) is 7.55. The van der Waals surface area contributed by atoms with Gasteiger partial charge in [0.05, 0.1) is 23.5 Å². The van der Waals surface area contributed by atoms with Crippen LogP contribution in [0.15, 0.2) is 46.9 Å². The summed E-state index contributed by atoms with van der Waals surface area (Å²) in [6.07, 6.45) is -4.52. The van der Waals surface area contributed by atoms with E-state index in [1.54, 1.807) is 43.3 Å². The van der Waals surface area contributed by atoms with E-state index in [4.69, 9.17) is 9.15 Å². The Morgan fingerprint density at radius 1 is 1.18 bits per heavy atom. The van der Waals surface area contributed by atoms with E-state index in [9.17, 15) is 18.0 Å².